The van der Waals surface area contributed by atoms with E-state index < -0.39 is 0 Å². The van der Waals surface area contributed by atoms with E-state index in [-0.39, 0.29) is 0 Å². The van der Waals surface area contributed by atoms with E-state index in [0.717, 1.165) is 13.0 Å². The van der Waals surface area contributed by atoms with Crippen molar-refractivity contribution >= 4 is 22.9 Å². The first-order valence-corrected chi connectivity index (χ1v) is 7.50. The van der Waals surface area contributed by atoms with Gasteiger partial charge in [-0.15, -0.1) is 22.9 Å². The van der Waals surface area contributed by atoms with Gasteiger partial charge in [0.25, 0.3) is 0 Å². The quantitative estimate of drug-likeness (QED) is 0.774. The van der Waals surface area contributed by atoms with E-state index in [1.165, 1.54) is 41.1 Å². The fourth-order valence-corrected chi connectivity index (χ4v) is 3.44. The Morgan fingerprint density at radius 3 is 3.00 bits per heavy atom. The molecule has 2 heterocycles. The lowest BCUT2D eigenvalue weighted by Gasteiger charge is -2.13. The Balaban J connectivity index is 2.09. The molecule has 0 fully saturated rings. The maximum atomic E-state index is 5.85. The summed E-state index contributed by atoms with van der Waals surface area (Å²) in [4.78, 5) is 1.29. The average Bonchev–Trinajstić information content (AvgIpc) is 2.97. The molecule has 0 bridgehead atoms. The van der Waals surface area contributed by atoms with Crippen LogP contribution in [0.2, 0.25) is 0 Å². The second kappa shape index (κ2) is 4.83. The smallest absolute Gasteiger partial charge is 0.106 e. The summed E-state index contributed by atoms with van der Waals surface area (Å²) in [6.07, 6.45) is 4.90. The molecule has 2 aromatic heterocycles. The van der Waals surface area contributed by atoms with Crippen LogP contribution in [0.4, 0.5) is 0 Å². The minimum absolute atomic E-state index is 0.637. The van der Waals surface area contributed by atoms with Crippen LogP contribution in [0.25, 0.3) is 10.6 Å². The topological polar surface area (TPSA) is 17.8 Å². The second-order valence-corrected chi connectivity index (χ2v) is 5.70. The fraction of sp³-hybridized carbons (Fsp3) is 0.462. The molecule has 0 spiro atoms. The van der Waals surface area contributed by atoms with Gasteiger partial charge in [0.1, 0.15) is 5.69 Å². The van der Waals surface area contributed by atoms with Crippen molar-refractivity contribution in [1.82, 2.24) is 9.78 Å². The minimum Gasteiger partial charge on any atom is -0.267 e. The molecule has 0 N–H and O–H groups in total. The zero-order chi connectivity index (χ0) is 11.7. The van der Waals surface area contributed by atoms with Crippen LogP contribution < -0.4 is 0 Å². The van der Waals surface area contributed by atoms with Crippen molar-refractivity contribution < 1.29 is 0 Å². The second-order valence-electron chi connectivity index (χ2n) is 4.37. The van der Waals surface area contributed by atoms with E-state index >= 15 is 0 Å². The maximum Gasteiger partial charge on any atom is 0.106 e. The third-order valence-electron chi connectivity index (χ3n) is 3.31. The lowest BCUT2D eigenvalue weighted by molar-refractivity contribution is 0.584. The number of rotatable bonds is 3. The van der Waals surface area contributed by atoms with Crippen LogP contribution in [0.1, 0.15) is 24.1 Å². The molecule has 2 nitrogen and oxygen atoms in total. The molecule has 1 aliphatic carbocycles. The van der Waals surface area contributed by atoms with Crippen molar-refractivity contribution in [3.8, 4) is 10.6 Å². The zero-order valence-corrected chi connectivity index (χ0v) is 11.2. The van der Waals surface area contributed by atoms with Crippen LogP contribution >= 0.6 is 22.9 Å². The van der Waals surface area contributed by atoms with Crippen LogP contribution in [0.15, 0.2) is 17.5 Å². The number of halogens is 1. The first kappa shape index (κ1) is 11.3. The van der Waals surface area contributed by atoms with Gasteiger partial charge in [0.2, 0.25) is 0 Å². The van der Waals surface area contributed by atoms with Gasteiger partial charge in [-0.1, -0.05) is 6.07 Å². The highest BCUT2D eigenvalue weighted by atomic mass is 35.5. The van der Waals surface area contributed by atoms with Crippen LogP contribution in [-0.4, -0.2) is 15.7 Å². The molecule has 0 saturated carbocycles. The molecule has 90 valence electrons. The number of nitrogens with zero attached hydrogens (tertiary/aromatic N) is 2. The van der Waals surface area contributed by atoms with Crippen molar-refractivity contribution in [2.75, 3.05) is 5.88 Å². The summed E-state index contributed by atoms with van der Waals surface area (Å²) in [5.41, 5.74) is 4.07. The van der Waals surface area contributed by atoms with Crippen molar-refractivity contribution in [3.63, 3.8) is 0 Å². The van der Waals surface area contributed by atoms with Crippen LogP contribution in [-0.2, 0) is 19.4 Å². The maximum absolute atomic E-state index is 5.85. The van der Waals surface area contributed by atoms with E-state index in [4.69, 9.17) is 16.7 Å². The van der Waals surface area contributed by atoms with Crippen molar-refractivity contribution in [1.29, 1.82) is 0 Å². The first-order valence-electron chi connectivity index (χ1n) is 6.08. The fourth-order valence-electron chi connectivity index (χ4n) is 2.55. The monoisotopic (exact) mass is 266 g/mol. The van der Waals surface area contributed by atoms with E-state index in [1.54, 1.807) is 11.3 Å². The number of hydrogen-bond donors (Lipinski definition) is 0. The van der Waals surface area contributed by atoms with Gasteiger partial charge in [0.05, 0.1) is 11.4 Å². The Hall–Kier alpha value is -0.800. The van der Waals surface area contributed by atoms with Crippen LogP contribution in [0.5, 0.6) is 0 Å². The average molecular weight is 267 g/mol. The molecule has 2 aromatic rings. The van der Waals surface area contributed by atoms with Gasteiger partial charge in [-0.25, -0.2) is 0 Å². The standard InChI is InChI=1S/C13H15ClN2S/c14-7-8-16-11-5-2-1-4-10(11)13(15-16)12-6-3-9-17-12/h3,6,9H,1-2,4-5,7-8H2. The summed E-state index contributed by atoms with van der Waals surface area (Å²) in [5, 5.41) is 6.88. The van der Waals surface area contributed by atoms with E-state index in [0.29, 0.717) is 5.88 Å². The molecular weight excluding hydrogens is 252 g/mol. The molecule has 1 aliphatic rings. The predicted octanol–water partition coefficient (Wildman–Crippen LogP) is 3.73. The summed E-state index contributed by atoms with van der Waals surface area (Å²) in [7, 11) is 0. The van der Waals surface area contributed by atoms with Crippen molar-refractivity contribution in [3.05, 3.63) is 28.8 Å². The highest BCUT2D eigenvalue weighted by Gasteiger charge is 2.21. The van der Waals surface area contributed by atoms with Gasteiger partial charge < -0.3 is 0 Å². The van der Waals surface area contributed by atoms with Gasteiger partial charge in [0, 0.05) is 17.1 Å². The highest BCUT2D eigenvalue weighted by molar-refractivity contribution is 7.13. The third-order valence-corrected chi connectivity index (χ3v) is 4.35. The SMILES string of the molecule is ClCCn1nc(-c2cccs2)c2c1CCCC2. The van der Waals surface area contributed by atoms with Gasteiger partial charge in [-0.3, -0.25) is 4.68 Å². The van der Waals surface area contributed by atoms with E-state index in [1.807, 2.05) is 0 Å². The number of fused-ring (bicyclic) bond motifs is 1. The number of thiophene rings is 1. The number of aromatic nitrogens is 2. The summed E-state index contributed by atoms with van der Waals surface area (Å²) in [6.45, 7) is 0.829. The van der Waals surface area contributed by atoms with Gasteiger partial charge in [-0.2, -0.15) is 5.10 Å². The molecule has 0 unspecified atom stereocenters. The Bertz CT molecular complexity index is 502. The Morgan fingerprint density at radius 1 is 1.35 bits per heavy atom. The third kappa shape index (κ3) is 2.02. The first-order chi connectivity index (χ1) is 8.40. The molecule has 0 amide bonds. The van der Waals surface area contributed by atoms with Crippen LogP contribution in [0.3, 0.4) is 0 Å². The van der Waals surface area contributed by atoms with E-state index in [2.05, 4.69) is 22.2 Å². The molecule has 0 aliphatic heterocycles. The largest absolute Gasteiger partial charge is 0.267 e. The van der Waals surface area contributed by atoms with Gasteiger partial charge in [0.15, 0.2) is 0 Å². The molecular formula is C13H15ClN2S. The van der Waals surface area contributed by atoms with Crippen molar-refractivity contribution in [2.45, 2.75) is 32.2 Å². The lowest BCUT2D eigenvalue weighted by Crippen LogP contribution is -2.10. The summed E-state index contributed by atoms with van der Waals surface area (Å²) in [5.74, 6) is 0.637. The van der Waals surface area contributed by atoms with Gasteiger partial charge >= 0.3 is 0 Å². The van der Waals surface area contributed by atoms with E-state index in [9.17, 15) is 0 Å². The molecule has 17 heavy (non-hydrogen) atoms. The Labute approximate surface area is 110 Å². The predicted molar refractivity (Wildman–Crippen MR) is 72.9 cm³/mol. The minimum atomic E-state index is 0.637. The summed E-state index contributed by atoms with van der Waals surface area (Å²) in [6, 6.07) is 4.25. The van der Waals surface area contributed by atoms with Gasteiger partial charge in [-0.05, 0) is 37.1 Å². The molecule has 3 rings (SSSR count). The molecule has 0 atom stereocenters. The molecule has 0 aromatic carbocycles. The zero-order valence-electron chi connectivity index (χ0n) is 9.66. The number of hydrogen-bond acceptors (Lipinski definition) is 2. The normalized spacial score (nSPS) is 14.9. The van der Waals surface area contributed by atoms with Crippen molar-refractivity contribution in [2.24, 2.45) is 0 Å². The molecule has 0 saturated heterocycles. The highest BCUT2D eigenvalue weighted by Crippen LogP contribution is 2.33. The molecule has 4 heteroatoms. The lowest BCUT2D eigenvalue weighted by atomic mass is 9.95. The summed E-state index contributed by atoms with van der Waals surface area (Å²) < 4.78 is 2.12. The summed E-state index contributed by atoms with van der Waals surface area (Å²) >= 11 is 7.63. The molecule has 0 radical (unpaired) electrons. The van der Waals surface area contributed by atoms with Crippen LogP contribution in [0, 0.1) is 0 Å². The Morgan fingerprint density at radius 2 is 2.24 bits per heavy atom. The number of aryl methyl sites for hydroxylation is 1. The Kier molecular flexibility index (Phi) is 3.21. The number of alkyl halides is 1.